The zero-order valence-corrected chi connectivity index (χ0v) is 12.0. The molecule has 0 heterocycles. The Morgan fingerprint density at radius 1 is 0.824 bits per heavy atom. The van der Waals surface area contributed by atoms with E-state index in [1.54, 1.807) is 0 Å². The van der Waals surface area contributed by atoms with Gasteiger partial charge in [0.25, 0.3) is 0 Å². The van der Waals surface area contributed by atoms with Crippen molar-refractivity contribution in [3.05, 3.63) is 0 Å². The molecule has 0 radical (unpaired) electrons. The highest BCUT2D eigenvalue weighted by atomic mass is 35.5. The molecule has 4 bridgehead atoms. The summed E-state index contributed by atoms with van der Waals surface area (Å²) in [6, 6.07) is 0. The number of hydrogen-bond acceptors (Lipinski definition) is 1. The van der Waals surface area contributed by atoms with E-state index in [1.165, 1.54) is 38.5 Å². The molecule has 0 atom stereocenters. The Hall–Kier alpha value is 0.540. The van der Waals surface area contributed by atoms with Crippen LogP contribution in [0.25, 0.3) is 0 Å². The normalized spacial score (nSPS) is 43.6. The minimum atomic E-state index is 0.485. The predicted octanol–water partition coefficient (Wildman–Crippen LogP) is 3.73. The molecule has 4 aliphatic rings. The molecule has 4 aliphatic carbocycles. The lowest BCUT2D eigenvalue weighted by atomic mass is 9.52. The molecule has 98 valence electrons. The molecule has 0 unspecified atom stereocenters. The topological polar surface area (TPSA) is 3.24 Å². The Kier molecular flexibility index (Phi) is 3.63. The number of alkyl halides is 2. The Morgan fingerprint density at radius 3 is 1.59 bits per heavy atom. The standard InChI is InChI=1S/C14H23Cl2N/c15-1-3-17(4-2-16)14-8-11-5-12(9-14)7-13(6-11)10-14/h11-13H,1-10H2. The van der Waals surface area contributed by atoms with Crippen molar-refractivity contribution in [2.75, 3.05) is 24.8 Å². The van der Waals surface area contributed by atoms with E-state index in [0.29, 0.717) is 5.54 Å². The van der Waals surface area contributed by atoms with Gasteiger partial charge in [0.1, 0.15) is 0 Å². The van der Waals surface area contributed by atoms with Crippen LogP contribution in [-0.4, -0.2) is 35.3 Å². The maximum atomic E-state index is 5.99. The van der Waals surface area contributed by atoms with Crippen molar-refractivity contribution in [2.24, 2.45) is 17.8 Å². The van der Waals surface area contributed by atoms with E-state index in [2.05, 4.69) is 4.90 Å². The maximum absolute atomic E-state index is 5.99. The predicted molar refractivity (Wildman–Crippen MR) is 73.9 cm³/mol. The number of halogens is 2. The highest BCUT2D eigenvalue weighted by Gasteiger charge is 2.53. The summed E-state index contributed by atoms with van der Waals surface area (Å²) in [6.07, 6.45) is 8.80. The van der Waals surface area contributed by atoms with Crippen LogP contribution < -0.4 is 0 Å². The van der Waals surface area contributed by atoms with Crippen molar-refractivity contribution in [1.29, 1.82) is 0 Å². The Labute approximate surface area is 115 Å². The van der Waals surface area contributed by atoms with Crippen LogP contribution in [0.5, 0.6) is 0 Å². The molecule has 0 aliphatic heterocycles. The second-order valence-electron chi connectivity index (χ2n) is 6.51. The molecule has 0 aromatic rings. The maximum Gasteiger partial charge on any atom is 0.0351 e. The molecular formula is C14H23Cl2N. The summed E-state index contributed by atoms with van der Waals surface area (Å²) < 4.78 is 0. The summed E-state index contributed by atoms with van der Waals surface area (Å²) in [7, 11) is 0. The van der Waals surface area contributed by atoms with Crippen LogP contribution in [0.3, 0.4) is 0 Å². The highest BCUT2D eigenvalue weighted by molar-refractivity contribution is 6.18. The van der Waals surface area contributed by atoms with Gasteiger partial charge in [0.15, 0.2) is 0 Å². The molecule has 0 aromatic heterocycles. The minimum absolute atomic E-state index is 0.485. The van der Waals surface area contributed by atoms with Crippen LogP contribution in [0.4, 0.5) is 0 Å². The first-order valence-electron chi connectivity index (χ1n) is 7.13. The van der Waals surface area contributed by atoms with Crippen molar-refractivity contribution in [1.82, 2.24) is 4.90 Å². The average molecular weight is 276 g/mol. The third-order valence-electron chi connectivity index (χ3n) is 5.39. The van der Waals surface area contributed by atoms with Crippen molar-refractivity contribution in [3.63, 3.8) is 0 Å². The van der Waals surface area contributed by atoms with Gasteiger partial charge < -0.3 is 0 Å². The molecule has 3 heteroatoms. The fourth-order valence-electron chi connectivity index (χ4n) is 5.24. The molecule has 0 N–H and O–H groups in total. The van der Waals surface area contributed by atoms with E-state index in [9.17, 15) is 0 Å². The van der Waals surface area contributed by atoms with Crippen LogP contribution in [0.2, 0.25) is 0 Å². The molecule has 1 nitrogen and oxygen atoms in total. The molecule has 4 fully saturated rings. The lowest BCUT2D eigenvalue weighted by Crippen LogP contribution is -2.60. The van der Waals surface area contributed by atoms with Gasteiger partial charge in [0, 0.05) is 30.4 Å². The van der Waals surface area contributed by atoms with Gasteiger partial charge in [-0.1, -0.05) is 0 Å². The second-order valence-corrected chi connectivity index (χ2v) is 7.26. The Balaban J connectivity index is 1.79. The zero-order valence-electron chi connectivity index (χ0n) is 10.5. The summed E-state index contributed by atoms with van der Waals surface area (Å²) in [5.74, 6) is 4.52. The quantitative estimate of drug-likeness (QED) is 0.691. The van der Waals surface area contributed by atoms with Gasteiger partial charge in [-0.3, -0.25) is 4.90 Å². The summed E-state index contributed by atoms with van der Waals surface area (Å²) in [5, 5.41) is 0. The third-order valence-corrected chi connectivity index (χ3v) is 5.72. The van der Waals surface area contributed by atoms with E-state index >= 15 is 0 Å². The largest absolute Gasteiger partial charge is 0.295 e. The van der Waals surface area contributed by atoms with Gasteiger partial charge in [-0.25, -0.2) is 0 Å². The first kappa shape index (κ1) is 12.6. The molecule has 0 spiro atoms. The minimum Gasteiger partial charge on any atom is -0.295 e. The SMILES string of the molecule is ClCCN(CCCl)C12CC3CC(CC(C3)C1)C2. The summed E-state index contributed by atoms with van der Waals surface area (Å²) in [4.78, 5) is 2.64. The molecule has 0 aromatic carbocycles. The van der Waals surface area contributed by atoms with Gasteiger partial charge in [0.05, 0.1) is 0 Å². The molecule has 0 amide bonds. The monoisotopic (exact) mass is 275 g/mol. The summed E-state index contributed by atoms with van der Waals surface area (Å²) in [6.45, 7) is 2.06. The van der Waals surface area contributed by atoms with Gasteiger partial charge in [-0.15, -0.1) is 23.2 Å². The zero-order chi connectivity index (χ0) is 11.9. The first-order valence-corrected chi connectivity index (χ1v) is 8.19. The molecular weight excluding hydrogens is 253 g/mol. The fourth-order valence-corrected chi connectivity index (χ4v) is 5.65. The summed E-state index contributed by atoms with van der Waals surface area (Å²) in [5.41, 5.74) is 0.485. The third kappa shape index (κ3) is 2.24. The van der Waals surface area contributed by atoms with E-state index in [1.807, 2.05) is 0 Å². The number of hydrogen-bond donors (Lipinski definition) is 0. The van der Waals surface area contributed by atoms with E-state index < -0.39 is 0 Å². The fraction of sp³-hybridized carbons (Fsp3) is 1.00. The van der Waals surface area contributed by atoms with Crippen LogP contribution in [0.15, 0.2) is 0 Å². The van der Waals surface area contributed by atoms with E-state index in [0.717, 1.165) is 42.6 Å². The number of nitrogens with zero attached hydrogens (tertiary/aromatic N) is 1. The van der Waals surface area contributed by atoms with E-state index in [4.69, 9.17) is 23.2 Å². The first-order chi connectivity index (χ1) is 8.25. The van der Waals surface area contributed by atoms with Crippen molar-refractivity contribution in [2.45, 2.75) is 44.1 Å². The lowest BCUT2D eigenvalue weighted by molar-refractivity contribution is -0.0846. The van der Waals surface area contributed by atoms with Crippen LogP contribution in [-0.2, 0) is 0 Å². The Morgan fingerprint density at radius 2 is 1.24 bits per heavy atom. The van der Waals surface area contributed by atoms with Crippen molar-refractivity contribution < 1.29 is 0 Å². The van der Waals surface area contributed by atoms with Gasteiger partial charge in [-0.05, 0) is 56.3 Å². The van der Waals surface area contributed by atoms with Gasteiger partial charge in [-0.2, -0.15) is 0 Å². The summed E-state index contributed by atoms with van der Waals surface area (Å²) >= 11 is 12.0. The molecule has 4 saturated carbocycles. The Bertz CT molecular complexity index is 238. The van der Waals surface area contributed by atoms with E-state index in [-0.39, 0.29) is 0 Å². The molecule has 0 saturated heterocycles. The van der Waals surface area contributed by atoms with Crippen molar-refractivity contribution in [3.8, 4) is 0 Å². The van der Waals surface area contributed by atoms with Crippen LogP contribution >= 0.6 is 23.2 Å². The smallest absolute Gasteiger partial charge is 0.0351 e. The molecule has 4 rings (SSSR count). The van der Waals surface area contributed by atoms with Crippen molar-refractivity contribution >= 4 is 23.2 Å². The number of rotatable bonds is 5. The van der Waals surface area contributed by atoms with Crippen LogP contribution in [0.1, 0.15) is 38.5 Å². The van der Waals surface area contributed by atoms with Crippen LogP contribution in [0, 0.1) is 17.8 Å². The highest BCUT2D eigenvalue weighted by Crippen LogP contribution is 2.57. The average Bonchev–Trinajstić information content (AvgIpc) is 2.27. The van der Waals surface area contributed by atoms with Gasteiger partial charge >= 0.3 is 0 Å². The lowest BCUT2D eigenvalue weighted by Gasteiger charge is -2.60. The van der Waals surface area contributed by atoms with Gasteiger partial charge in [0.2, 0.25) is 0 Å². The molecule has 17 heavy (non-hydrogen) atoms. The second kappa shape index (κ2) is 4.90.